The molecule has 1 rings (SSSR count). The van der Waals surface area contributed by atoms with E-state index in [2.05, 4.69) is 15.3 Å². The molecule has 88 valence electrons. The Labute approximate surface area is 99.2 Å². The fourth-order valence-electron chi connectivity index (χ4n) is 0.939. The normalized spacial score (nSPS) is 11.0. The van der Waals surface area contributed by atoms with Gasteiger partial charge in [-0.15, -0.1) is 0 Å². The van der Waals surface area contributed by atoms with Gasteiger partial charge in [-0.25, -0.2) is 9.78 Å². The summed E-state index contributed by atoms with van der Waals surface area (Å²) in [7, 11) is 0. The Bertz CT molecular complexity index is 377. The Morgan fingerprint density at radius 2 is 2.06 bits per heavy atom. The van der Waals surface area contributed by atoms with E-state index in [0.717, 1.165) is 0 Å². The van der Waals surface area contributed by atoms with Gasteiger partial charge < -0.3 is 10.1 Å². The van der Waals surface area contributed by atoms with Gasteiger partial charge in [0.05, 0.1) is 12.2 Å². The van der Waals surface area contributed by atoms with Crippen molar-refractivity contribution in [2.45, 2.75) is 32.9 Å². The molecule has 0 aliphatic heterocycles. The minimum Gasteiger partial charge on any atom is -0.444 e. The van der Waals surface area contributed by atoms with Crippen molar-refractivity contribution in [3.8, 4) is 0 Å². The molecule has 0 bridgehead atoms. The molecule has 1 heterocycles. The van der Waals surface area contributed by atoms with Crippen LogP contribution < -0.4 is 5.32 Å². The first-order valence-corrected chi connectivity index (χ1v) is 5.18. The number of halogens is 1. The van der Waals surface area contributed by atoms with Gasteiger partial charge in [-0.05, 0) is 20.8 Å². The Kier molecular flexibility index (Phi) is 4.06. The molecule has 0 aliphatic rings. The summed E-state index contributed by atoms with van der Waals surface area (Å²) in [5, 5.41) is 2.82. The van der Waals surface area contributed by atoms with E-state index in [1.807, 2.05) is 0 Å². The molecule has 5 nitrogen and oxygen atoms in total. The Morgan fingerprint density at radius 1 is 1.44 bits per heavy atom. The zero-order valence-electron chi connectivity index (χ0n) is 9.45. The van der Waals surface area contributed by atoms with Gasteiger partial charge in [0.25, 0.3) is 0 Å². The number of ether oxygens (including phenoxy) is 1. The van der Waals surface area contributed by atoms with E-state index >= 15 is 0 Å². The molecule has 0 radical (unpaired) electrons. The second-order valence-electron chi connectivity index (χ2n) is 4.15. The zero-order valence-corrected chi connectivity index (χ0v) is 10.2. The molecular weight excluding hydrogens is 230 g/mol. The molecule has 6 heteroatoms. The number of amides is 1. The van der Waals surface area contributed by atoms with Gasteiger partial charge in [0.2, 0.25) is 0 Å². The minimum atomic E-state index is -0.518. The third-order valence-electron chi connectivity index (χ3n) is 1.52. The van der Waals surface area contributed by atoms with Crippen molar-refractivity contribution in [2.75, 3.05) is 0 Å². The maximum absolute atomic E-state index is 11.3. The van der Waals surface area contributed by atoms with Gasteiger partial charge in [0, 0.05) is 12.4 Å². The molecule has 16 heavy (non-hydrogen) atoms. The largest absolute Gasteiger partial charge is 0.444 e. The minimum absolute atomic E-state index is 0.196. The van der Waals surface area contributed by atoms with Crippen molar-refractivity contribution in [1.82, 2.24) is 15.3 Å². The van der Waals surface area contributed by atoms with Crippen molar-refractivity contribution < 1.29 is 9.53 Å². The van der Waals surface area contributed by atoms with E-state index in [-0.39, 0.29) is 11.7 Å². The lowest BCUT2D eigenvalue weighted by atomic mass is 10.2. The molecular formula is C10H14ClN3O2. The van der Waals surface area contributed by atoms with Crippen LogP contribution in [0.25, 0.3) is 0 Å². The van der Waals surface area contributed by atoms with E-state index in [9.17, 15) is 4.79 Å². The van der Waals surface area contributed by atoms with Gasteiger partial charge in [-0.1, -0.05) is 11.6 Å². The first-order chi connectivity index (χ1) is 7.38. The number of carbonyl (C=O) groups excluding carboxylic acids is 1. The second-order valence-corrected chi connectivity index (χ2v) is 4.51. The standard InChI is InChI=1S/C10H14ClN3O2/c1-10(2,3)16-9(15)14-6-7-8(11)13-5-4-12-7/h4-5H,6H2,1-3H3,(H,14,15). The molecule has 0 spiro atoms. The fourth-order valence-corrected chi connectivity index (χ4v) is 1.11. The van der Waals surface area contributed by atoms with Crippen LogP contribution in [0, 0.1) is 0 Å². The Morgan fingerprint density at radius 3 is 2.62 bits per heavy atom. The predicted octanol–water partition coefficient (Wildman–Crippen LogP) is 2.15. The summed E-state index contributed by atoms with van der Waals surface area (Å²) in [6, 6.07) is 0. The molecule has 0 aromatic carbocycles. The van der Waals surface area contributed by atoms with Gasteiger partial charge in [-0.2, -0.15) is 0 Å². The van der Waals surface area contributed by atoms with Crippen molar-refractivity contribution in [3.05, 3.63) is 23.2 Å². The topological polar surface area (TPSA) is 64.1 Å². The first kappa shape index (κ1) is 12.7. The molecule has 1 amide bonds. The van der Waals surface area contributed by atoms with Crippen LogP contribution >= 0.6 is 11.6 Å². The summed E-state index contributed by atoms with van der Waals surface area (Å²) in [4.78, 5) is 19.1. The average molecular weight is 244 g/mol. The summed E-state index contributed by atoms with van der Waals surface area (Å²) in [6.45, 7) is 5.58. The predicted molar refractivity (Wildman–Crippen MR) is 60.1 cm³/mol. The summed E-state index contributed by atoms with van der Waals surface area (Å²) in [5.41, 5.74) is -0.00833. The Balaban J connectivity index is 2.47. The number of carbonyl (C=O) groups is 1. The van der Waals surface area contributed by atoms with Crippen molar-refractivity contribution in [1.29, 1.82) is 0 Å². The van der Waals surface area contributed by atoms with Crippen LogP contribution in [0.15, 0.2) is 12.4 Å². The van der Waals surface area contributed by atoms with Crippen molar-refractivity contribution in [3.63, 3.8) is 0 Å². The van der Waals surface area contributed by atoms with Crippen LogP contribution in [0.2, 0.25) is 5.15 Å². The van der Waals surface area contributed by atoms with Gasteiger partial charge in [0.1, 0.15) is 5.60 Å². The number of aromatic nitrogens is 2. The van der Waals surface area contributed by atoms with Gasteiger partial charge in [-0.3, -0.25) is 4.98 Å². The third kappa shape index (κ3) is 4.44. The Hall–Kier alpha value is -1.36. The first-order valence-electron chi connectivity index (χ1n) is 4.81. The van der Waals surface area contributed by atoms with Crippen LogP contribution in [-0.2, 0) is 11.3 Å². The third-order valence-corrected chi connectivity index (χ3v) is 1.84. The van der Waals surface area contributed by atoms with Crippen LogP contribution in [0.4, 0.5) is 4.79 Å². The van der Waals surface area contributed by atoms with Crippen LogP contribution in [-0.4, -0.2) is 21.7 Å². The molecule has 0 fully saturated rings. The van der Waals surface area contributed by atoms with E-state index in [0.29, 0.717) is 5.69 Å². The number of hydrogen-bond donors (Lipinski definition) is 1. The molecule has 1 aromatic heterocycles. The van der Waals surface area contributed by atoms with Crippen LogP contribution in [0.1, 0.15) is 26.5 Å². The molecule has 1 aromatic rings. The van der Waals surface area contributed by atoms with Gasteiger partial charge >= 0.3 is 6.09 Å². The molecule has 0 atom stereocenters. The van der Waals surface area contributed by atoms with E-state index in [4.69, 9.17) is 16.3 Å². The smallest absolute Gasteiger partial charge is 0.407 e. The lowest BCUT2D eigenvalue weighted by Crippen LogP contribution is -2.32. The van der Waals surface area contributed by atoms with Crippen LogP contribution in [0.3, 0.4) is 0 Å². The van der Waals surface area contributed by atoms with Crippen molar-refractivity contribution >= 4 is 17.7 Å². The lowest BCUT2D eigenvalue weighted by molar-refractivity contribution is 0.0523. The average Bonchev–Trinajstić information content (AvgIpc) is 2.14. The van der Waals surface area contributed by atoms with E-state index in [1.54, 1.807) is 20.8 Å². The summed E-state index contributed by atoms with van der Waals surface area (Å²) in [6.07, 6.45) is 2.49. The number of hydrogen-bond acceptors (Lipinski definition) is 4. The number of nitrogens with zero attached hydrogens (tertiary/aromatic N) is 2. The molecule has 0 unspecified atom stereocenters. The number of alkyl carbamates (subject to hydrolysis) is 1. The molecule has 1 N–H and O–H groups in total. The number of rotatable bonds is 2. The molecule has 0 saturated carbocycles. The number of nitrogens with one attached hydrogen (secondary N) is 1. The maximum atomic E-state index is 11.3. The highest BCUT2D eigenvalue weighted by atomic mass is 35.5. The van der Waals surface area contributed by atoms with Gasteiger partial charge in [0.15, 0.2) is 5.15 Å². The fraction of sp³-hybridized carbons (Fsp3) is 0.500. The summed E-state index contributed by atoms with van der Waals surface area (Å²) < 4.78 is 5.06. The highest BCUT2D eigenvalue weighted by Crippen LogP contribution is 2.09. The zero-order chi connectivity index (χ0) is 12.2. The highest BCUT2D eigenvalue weighted by Gasteiger charge is 2.16. The van der Waals surface area contributed by atoms with Crippen molar-refractivity contribution in [2.24, 2.45) is 0 Å². The van der Waals surface area contributed by atoms with Crippen LogP contribution in [0.5, 0.6) is 0 Å². The second kappa shape index (κ2) is 5.12. The van der Waals surface area contributed by atoms with E-state index in [1.165, 1.54) is 12.4 Å². The molecule has 0 saturated heterocycles. The molecule has 0 aliphatic carbocycles. The van der Waals surface area contributed by atoms with E-state index < -0.39 is 11.7 Å². The lowest BCUT2D eigenvalue weighted by Gasteiger charge is -2.19. The summed E-state index contributed by atoms with van der Waals surface area (Å²) >= 11 is 5.78. The maximum Gasteiger partial charge on any atom is 0.407 e. The SMILES string of the molecule is CC(C)(C)OC(=O)NCc1nccnc1Cl. The summed E-state index contributed by atoms with van der Waals surface area (Å²) in [5.74, 6) is 0. The quantitative estimate of drug-likeness (QED) is 0.865. The highest BCUT2D eigenvalue weighted by molar-refractivity contribution is 6.29. The monoisotopic (exact) mass is 243 g/mol.